The van der Waals surface area contributed by atoms with Crippen molar-refractivity contribution in [3.8, 4) is 6.07 Å². The molecule has 0 unspecified atom stereocenters. The Bertz CT molecular complexity index is 1230. The van der Waals surface area contributed by atoms with Gasteiger partial charge in [0.05, 0.1) is 21.8 Å². The molecule has 0 atom stereocenters. The number of hydrogen-bond acceptors (Lipinski definition) is 5. The molecule has 0 saturated heterocycles. The van der Waals surface area contributed by atoms with Crippen molar-refractivity contribution in [3.63, 3.8) is 0 Å². The highest BCUT2D eigenvalue weighted by Crippen LogP contribution is 2.33. The van der Waals surface area contributed by atoms with Crippen LogP contribution in [-0.2, 0) is 5.75 Å². The van der Waals surface area contributed by atoms with Crippen molar-refractivity contribution in [2.75, 3.05) is 5.32 Å². The van der Waals surface area contributed by atoms with Gasteiger partial charge in [-0.1, -0.05) is 41.6 Å². The molecule has 29 heavy (non-hydrogen) atoms. The zero-order valence-electron chi connectivity index (χ0n) is 15.1. The number of nitrogens with zero attached hydrogens (tertiary/aromatic N) is 2. The van der Waals surface area contributed by atoms with Crippen molar-refractivity contribution in [2.45, 2.75) is 10.1 Å². The number of carbonyl (C=O) groups is 1. The molecule has 1 aromatic heterocycles. The maximum Gasteiger partial charge on any atom is 0.255 e. The largest absolute Gasteiger partial charge is 0.322 e. The summed E-state index contributed by atoms with van der Waals surface area (Å²) in [5.41, 5.74) is 3.83. The molecular formula is C22H14ClN3OS2. The van der Waals surface area contributed by atoms with E-state index in [-0.39, 0.29) is 5.91 Å². The van der Waals surface area contributed by atoms with Crippen LogP contribution in [0.4, 0.5) is 5.69 Å². The molecular weight excluding hydrogens is 422 g/mol. The topological polar surface area (TPSA) is 65.8 Å². The molecule has 7 heteroatoms. The fourth-order valence-electron chi connectivity index (χ4n) is 2.74. The molecule has 0 aliphatic carbocycles. The predicted molar refractivity (Wildman–Crippen MR) is 120 cm³/mol. The summed E-state index contributed by atoms with van der Waals surface area (Å²) in [7, 11) is 0. The van der Waals surface area contributed by atoms with E-state index >= 15 is 0 Å². The molecule has 3 aromatic carbocycles. The minimum Gasteiger partial charge on any atom is -0.322 e. The van der Waals surface area contributed by atoms with E-state index in [0.29, 0.717) is 27.6 Å². The smallest absolute Gasteiger partial charge is 0.255 e. The first-order valence-electron chi connectivity index (χ1n) is 8.71. The van der Waals surface area contributed by atoms with Crippen LogP contribution in [0, 0.1) is 11.3 Å². The SMILES string of the molecule is N#Cc1ccccc1CSc1nc2ccc(NC(=O)c3ccc(Cl)cc3)cc2s1. The van der Waals surface area contributed by atoms with E-state index in [9.17, 15) is 10.1 Å². The van der Waals surface area contributed by atoms with Gasteiger partial charge in [0.1, 0.15) is 0 Å². The molecule has 0 aliphatic heterocycles. The normalized spacial score (nSPS) is 10.6. The number of anilines is 1. The average Bonchev–Trinajstić information content (AvgIpc) is 3.15. The van der Waals surface area contributed by atoms with E-state index in [1.807, 2.05) is 42.5 Å². The number of hydrogen-bond donors (Lipinski definition) is 1. The summed E-state index contributed by atoms with van der Waals surface area (Å²) >= 11 is 9.04. The second-order valence-electron chi connectivity index (χ2n) is 6.18. The van der Waals surface area contributed by atoms with Gasteiger partial charge in [-0.15, -0.1) is 11.3 Å². The van der Waals surface area contributed by atoms with Crippen LogP contribution < -0.4 is 5.32 Å². The third-order valence-electron chi connectivity index (χ3n) is 4.22. The van der Waals surface area contributed by atoms with Crippen molar-refractivity contribution in [3.05, 3.63) is 88.4 Å². The number of halogens is 1. The van der Waals surface area contributed by atoms with Gasteiger partial charge in [0.2, 0.25) is 0 Å². The number of fused-ring (bicyclic) bond motifs is 1. The molecule has 142 valence electrons. The van der Waals surface area contributed by atoms with Gasteiger partial charge in [0.15, 0.2) is 4.34 Å². The Balaban J connectivity index is 1.48. The standard InChI is InChI=1S/C22H14ClN3OS2/c23-17-7-5-14(6-8-17)21(27)25-18-9-10-19-20(11-18)29-22(26-19)28-13-16-4-2-1-3-15(16)12-24/h1-11H,13H2,(H,25,27). The van der Waals surface area contributed by atoms with E-state index < -0.39 is 0 Å². The molecule has 1 heterocycles. The maximum atomic E-state index is 12.4. The number of carbonyl (C=O) groups excluding carboxylic acids is 1. The number of amides is 1. The molecule has 0 bridgehead atoms. The Labute approximate surface area is 181 Å². The number of aromatic nitrogens is 1. The number of rotatable bonds is 5. The first-order valence-corrected chi connectivity index (χ1v) is 10.9. The Hall–Kier alpha value is -2.85. The Morgan fingerprint density at radius 2 is 1.93 bits per heavy atom. The van der Waals surface area contributed by atoms with Crippen LogP contribution in [0.25, 0.3) is 10.2 Å². The zero-order chi connectivity index (χ0) is 20.2. The van der Waals surface area contributed by atoms with E-state index in [2.05, 4.69) is 16.4 Å². The van der Waals surface area contributed by atoms with Gasteiger partial charge in [-0.3, -0.25) is 4.79 Å². The van der Waals surface area contributed by atoms with Crippen molar-refractivity contribution in [1.29, 1.82) is 5.26 Å². The van der Waals surface area contributed by atoms with Gasteiger partial charge in [-0.25, -0.2) is 4.98 Å². The van der Waals surface area contributed by atoms with Crippen LogP contribution in [0.2, 0.25) is 5.02 Å². The third kappa shape index (κ3) is 4.60. The first kappa shape index (κ1) is 19.5. The van der Waals surface area contributed by atoms with Gasteiger partial charge < -0.3 is 5.32 Å². The minimum absolute atomic E-state index is 0.187. The van der Waals surface area contributed by atoms with Crippen LogP contribution in [0.15, 0.2) is 71.1 Å². The van der Waals surface area contributed by atoms with Gasteiger partial charge in [0.25, 0.3) is 5.91 Å². The van der Waals surface area contributed by atoms with Crippen molar-refractivity contribution >= 4 is 56.5 Å². The van der Waals surface area contributed by atoms with E-state index in [1.54, 1.807) is 47.4 Å². The lowest BCUT2D eigenvalue weighted by atomic mass is 10.1. The zero-order valence-corrected chi connectivity index (χ0v) is 17.4. The second kappa shape index (κ2) is 8.66. The molecule has 4 rings (SSSR count). The minimum atomic E-state index is -0.187. The lowest BCUT2D eigenvalue weighted by Crippen LogP contribution is -2.11. The summed E-state index contributed by atoms with van der Waals surface area (Å²) < 4.78 is 1.92. The summed E-state index contributed by atoms with van der Waals surface area (Å²) in [5, 5.41) is 12.7. The molecule has 4 aromatic rings. The summed E-state index contributed by atoms with van der Waals surface area (Å²) in [4.78, 5) is 17.0. The summed E-state index contributed by atoms with van der Waals surface area (Å²) in [6.07, 6.45) is 0. The van der Waals surface area contributed by atoms with Crippen molar-refractivity contribution in [2.24, 2.45) is 0 Å². The lowest BCUT2D eigenvalue weighted by molar-refractivity contribution is 0.102. The number of nitrogens with one attached hydrogen (secondary N) is 1. The summed E-state index contributed by atoms with van der Waals surface area (Å²) in [6.45, 7) is 0. The van der Waals surface area contributed by atoms with E-state index in [1.165, 1.54) is 0 Å². The van der Waals surface area contributed by atoms with Crippen LogP contribution >= 0.6 is 34.7 Å². The Morgan fingerprint density at radius 3 is 2.72 bits per heavy atom. The van der Waals surface area contributed by atoms with Crippen LogP contribution in [0.3, 0.4) is 0 Å². The van der Waals surface area contributed by atoms with Gasteiger partial charge in [-0.05, 0) is 54.1 Å². The second-order valence-corrected chi connectivity index (χ2v) is 8.87. The number of thiazole rings is 1. The number of nitriles is 1. The molecule has 0 aliphatic rings. The number of thioether (sulfide) groups is 1. The molecule has 0 saturated carbocycles. The highest BCUT2D eigenvalue weighted by Gasteiger charge is 2.10. The average molecular weight is 436 g/mol. The van der Waals surface area contributed by atoms with E-state index in [0.717, 1.165) is 20.1 Å². The van der Waals surface area contributed by atoms with Gasteiger partial charge in [-0.2, -0.15) is 5.26 Å². The fraction of sp³-hybridized carbons (Fsp3) is 0.0455. The van der Waals surface area contributed by atoms with Gasteiger partial charge in [0, 0.05) is 22.0 Å². The predicted octanol–water partition coefficient (Wildman–Crippen LogP) is 6.37. The Morgan fingerprint density at radius 1 is 1.14 bits per heavy atom. The van der Waals surface area contributed by atoms with Gasteiger partial charge >= 0.3 is 0 Å². The quantitative estimate of drug-likeness (QED) is 0.370. The highest BCUT2D eigenvalue weighted by molar-refractivity contribution is 8.00. The third-order valence-corrected chi connectivity index (χ3v) is 6.68. The molecule has 1 N–H and O–H groups in total. The molecule has 0 fully saturated rings. The van der Waals surface area contributed by atoms with Crippen LogP contribution in [0.5, 0.6) is 0 Å². The molecule has 1 amide bonds. The summed E-state index contributed by atoms with van der Waals surface area (Å²) in [6, 6.07) is 22.2. The first-order chi connectivity index (χ1) is 14.1. The van der Waals surface area contributed by atoms with Crippen LogP contribution in [0.1, 0.15) is 21.5 Å². The fourth-order valence-corrected chi connectivity index (χ4v) is 4.98. The molecule has 0 spiro atoms. The molecule has 4 nitrogen and oxygen atoms in total. The number of benzene rings is 3. The monoisotopic (exact) mass is 435 g/mol. The Kier molecular flexibility index (Phi) is 5.81. The van der Waals surface area contributed by atoms with Crippen molar-refractivity contribution < 1.29 is 4.79 Å². The van der Waals surface area contributed by atoms with Crippen molar-refractivity contribution in [1.82, 2.24) is 4.98 Å². The molecule has 0 radical (unpaired) electrons. The maximum absolute atomic E-state index is 12.4. The summed E-state index contributed by atoms with van der Waals surface area (Å²) in [5.74, 6) is 0.497. The van der Waals surface area contributed by atoms with E-state index in [4.69, 9.17) is 11.6 Å². The lowest BCUT2D eigenvalue weighted by Gasteiger charge is -2.05. The van der Waals surface area contributed by atoms with Crippen LogP contribution in [-0.4, -0.2) is 10.9 Å². The highest BCUT2D eigenvalue weighted by atomic mass is 35.5.